The van der Waals surface area contributed by atoms with Gasteiger partial charge in [-0.15, -0.1) is 10.5 Å². The molecule has 0 saturated carbocycles. The lowest BCUT2D eigenvalue weighted by atomic mass is 10.1. The number of rotatable bonds is 4. The first-order valence-electron chi connectivity index (χ1n) is 11.5. The van der Waals surface area contributed by atoms with E-state index in [-0.39, 0.29) is 29.3 Å². The van der Waals surface area contributed by atoms with Gasteiger partial charge in [0.05, 0.1) is 42.1 Å². The first kappa shape index (κ1) is 22.5. The quantitative estimate of drug-likeness (QED) is 0.636. The molecule has 6 rings (SSSR count). The molecule has 0 aliphatic carbocycles. The topological polar surface area (TPSA) is 73.3 Å². The second-order valence-corrected chi connectivity index (χ2v) is 10.9. The number of benzene rings is 1. The number of halogens is 1. The molecule has 180 valence electrons. The first-order valence-corrected chi connectivity index (χ1v) is 13.5. The van der Waals surface area contributed by atoms with Crippen LogP contribution in [0.2, 0.25) is 5.02 Å². The number of hydrazine groups is 1. The zero-order valence-electron chi connectivity index (χ0n) is 19.2. The number of hydrogen-bond donors (Lipinski definition) is 1. The summed E-state index contributed by atoms with van der Waals surface area (Å²) >= 11 is 6.61. The molecule has 1 amide bonds. The highest BCUT2D eigenvalue weighted by atomic mass is 35.5. The van der Waals surface area contributed by atoms with Crippen LogP contribution in [-0.4, -0.2) is 71.0 Å². The first-order chi connectivity index (χ1) is 17.1. The standard InChI is InChI=1S/C25H25ClN6O2S/c1-35-22-13-28-12-18(22)19-14-30(21-7-3-2-6-20(21)26)15-23-31(24(19)35)16-29-32(23)25(33)34-10-8-17-5-4-9-27-11-17/h2-7,9,11,13-14,23,29H,8,10,12,15-16H2,1H3. The van der Waals surface area contributed by atoms with Crippen molar-refractivity contribution >= 4 is 45.1 Å². The largest absolute Gasteiger partial charge is 0.448 e. The number of nitrogens with one attached hydrogen (secondary N) is 1. The highest BCUT2D eigenvalue weighted by Gasteiger charge is 2.45. The molecule has 10 heteroatoms. The number of carbonyl (C=O) groups excluding carboxylic acids is 1. The molecule has 35 heavy (non-hydrogen) atoms. The molecule has 2 unspecified atom stereocenters. The molecular weight excluding hydrogens is 484 g/mol. The van der Waals surface area contributed by atoms with E-state index in [1.54, 1.807) is 17.4 Å². The fourth-order valence-corrected chi connectivity index (χ4v) is 7.18. The van der Waals surface area contributed by atoms with Crippen LogP contribution in [-0.2, 0) is 11.2 Å². The fraction of sp³-hybridized carbons (Fsp3) is 0.280. The van der Waals surface area contributed by atoms with Crippen molar-refractivity contribution in [3.8, 4) is 0 Å². The predicted molar refractivity (Wildman–Crippen MR) is 141 cm³/mol. The van der Waals surface area contributed by atoms with Crippen molar-refractivity contribution < 1.29 is 9.53 Å². The summed E-state index contributed by atoms with van der Waals surface area (Å²) in [5, 5.41) is 2.28. The van der Waals surface area contributed by atoms with Gasteiger partial charge in [0.2, 0.25) is 0 Å². The molecule has 0 radical (unpaired) electrons. The zero-order chi connectivity index (χ0) is 23.9. The van der Waals surface area contributed by atoms with E-state index in [4.69, 9.17) is 16.3 Å². The van der Waals surface area contributed by atoms with Gasteiger partial charge >= 0.3 is 6.09 Å². The highest BCUT2D eigenvalue weighted by Crippen LogP contribution is 2.45. The Morgan fingerprint density at radius 1 is 1.29 bits per heavy atom. The second-order valence-electron chi connectivity index (χ2n) is 8.64. The van der Waals surface area contributed by atoms with Crippen molar-refractivity contribution in [2.45, 2.75) is 12.6 Å². The lowest BCUT2D eigenvalue weighted by Gasteiger charge is -2.31. The van der Waals surface area contributed by atoms with Crippen molar-refractivity contribution in [1.29, 1.82) is 0 Å². The van der Waals surface area contributed by atoms with Crippen LogP contribution in [0, 0.1) is 0 Å². The number of hydrogen-bond acceptors (Lipinski definition) is 7. The Labute approximate surface area is 211 Å². The zero-order valence-corrected chi connectivity index (χ0v) is 20.8. The number of carbonyl (C=O) groups is 1. The average molecular weight is 509 g/mol. The Kier molecular flexibility index (Phi) is 5.93. The van der Waals surface area contributed by atoms with Crippen molar-refractivity contribution in [2.24, 2.45) is 4.99 Å². The normalized spacial score (nSPS) is 23.3. The maximum atomic E-state index is 13.2. The maximum absolute atomic E-state index is 13.2. The summed E-state index contributed by atoms with van der Waals surface area (Å²) in [5.41, 5.74) is 7.66. The smallest absolute Gasteiger partial charge is 0.425 e. The molecule has 0 bridgehead atoms. The van der Waals surface area contributed by atoms with Gasteiger partial charge < -0.3 is 9.64 Å². The lowest BCUT2D eigenvalue weighted by molar-refractivity contribution is 0.0751. The van der Waals surface area contributed by atoms with Crippen LogP contribution in [0.4, 0.5) is 10.5 Å². The minimum Gasteiger partial charge on any atom is -0.448 e. The number of aromatic nitrogens is 1. The average Bonchev–Trinajstić information content (AvgIpc) is 3.54. The van der Waals surface area contributed by atoms with Crippen LogP contribution in [0.1, 0.15) is 5.56 Å². The van der Waals surface area contributed by atoms with Gasteiger partial charge in [-0.2, -0.15) is 0 Å². The van der Waals surface area contributed by atoms with E-state index >= 15 is 0 Å². The van der Waals surface area contributed by atoms with E-state index in [0.29, 0.717) is 31.2 Å². The van der Waals surface area contributed by atoms with E-state index in [0.717, 1.165) is 11.3 Å². The minimum atomic E-state index is -0.388. The maximum Gasteiger partial charge on any atom is 0.425 e. The van der Waals surface area contributed by atoms with E-state index < -0.39 is 0 Å². The molecule has 1 saturated heterocycles. The van der Waals surface area contributed by atoms with Crippen molar-refractivity contribution in [1.82, 2.24) is 20.3 Å². The highest BCUT2D eigenvalue weighted by molar-refractivity contribution is 8.20. The number of ether oxygens (including phenoxy) is 1. The molecule has 1 aromatic carbocycles. The third-order valence-corrected chi connectivity index (χ3v) is 8.97. The molecule has 0 spiro atoms. The summed E-state index contributed by atoms with van der Waals surface area (Å²) in [4.78, 5) is 28.8. The number of amides is 1. The Bertz CT molecular complexity index is 1310. The summed E-state index contributed by atoms with van der Waals surface area (Å²) in [6.45, 7) is 2.04. The predicted octanol–water partition coefficient (Wildman–Crippen LogP) is 3.60. The minimum absolute atomic E-state index is 0.132. The molecule has 1 aromatic heterocycles. The number of pyridine rings is 1. The molecule has 2 atom stereocenters. The van der Waals surface area contributed by atoms with Gasteiger partial charge in [0.25, 0.3) is 0 Å². The van der Waals surface area contributed by atoms with E-state index in [1.165, 1.54) is 21.0 Å². The monoisotopic (exact) mass is 508 g/mol. The molecular formula is C25H25ClN6O2S. The lowest BCUT2D eigenvalue weighted by Crippen LogP contribution is -2.50. The van der Waals surface area contributed by atoms with Crippen molar-refractivity contribution in [3.63, 3.8) is 0 Å². The number of aliphatic imine (C=N–C) groups is 1. The summed E-state index contributed by atoms with van der Waals surface area (Å²) in [7, 11) is -0.132. The van der Waals surface area contributed by atoms with Crippen molar-refractivity contribution in [3.05, 3.63) is 81.6 Å². The van der Waals surface area contributed by atoms with E-state index in [9.17, 15) is 4.79 Å². The van der Waals surface area contributed by atoms with Gasteiger partial charge in [0, 0.05) is 41.7 Å². The summed E-state index contributed by atoms with van der Waals surface area (Å²) in [6.07, 6.45) is 9.91. The third kappa shape index (κ3) is 3.98. The molecule has 4 aliphatic rings. The third-order valence-electron chi connectivity index (χ3n) is 6.60. The molecule has 1 fully saturated rings. The summed E-state index contributed by atoms with van der Waals surface area (Å²) in [5.74, 6) is 0. The number of nitrogens with zero attached hydrogens (tertiary/aromatic N) is 5. The Hall–Kier alpha value is -2.98. The van der Waals surface area contributed by atoms with Gasteiger partial charge in [-0.1, -0.05) is 29.8 Å². The molecule has 2 aromatic rings. The summed E-state index contributed by atoms with van der Waals surface area (Å²) < 4.78 is 5.67. The van der Waals surface area contributed by atoms with Crippen LogP contribution in [0.15, 0.2) is 76.0 Å². The molecule has 8 nitrogen and oxygen atoms in total. The van der Waals surface area contributed by atoms with Gasteiger partial charge in [-0.05, 0) is 35.6 Å². The van der Waals surface area contributed by atoms with E-state index in [1.807, 2.05) is 42.6 Å². The molecule has 5 heterocycles. The number of para-hydroxylation sites is 1. The Balaban J connectivity index is 1.30. The SMILES string of the molecule is CS1=C2C(=CN(c3ccccc3Cl)CC3N2CNN3C(=O)OCCc2cccnc2)C2=C1C=NC2. The fourth-order valence-electron chi connectivity index (χ4n) is 4.90. The van der Waals surface area contributed by atoms with Crippen LogP contribution >= 0.6 is 22.1 Å². The Morgan fingerprint density at radius 2 is 2.17 bits per heavy atom. The number of anilines is 1. The van der Waals surface area contributed by atoms with Gasteiger partial charge in [-0.3, -0.25) is 9.98 Å². The van der Waals surface area contributed by atoms with E-state index in [2.05, 4.69) is 37.7 Å². The van der Waals surface area contributed by atoms with Gasteiger partial charge in [-0.25, -0.2) is 20.1 Å². The van der Waals surface area contributed by atoms with Crippen LogP contribution in [0.5, 0.6) is 0 Å². The van der Waals surface area contributed by atoms with Crippen LogP contribution in [0.25, 0.3) is 0 Å². The number of allylic oxidation sites excluding steroid dienone is 1. The van der Waals surface area contributed by atoms with Gasteiger partial charge in [0.1, 0.15) is 6.17 Å². The van der Waals surface area contributed by atoms with Crippen LogP contribution in [0.3, 0.4) is 0 Å². The van der Waals surface area contributed by atoms with Crippen LogP contribution < -0.4 is 10.3 Å². The molecule has 4 aliphatic heterocycles. The van der Waals surface area contributed by atoms with Gasteiger partial charge in [0.15, 0.2) is 0 Å². The number of fused-ring (bicyclic) bond motifs is 4. The van der Waals surface area contributed by atoms with Crippen molar-refractivity contribution in [2.75, 3.05) is 37.5 Å². The summed E-state index contributed by atoms with van der Waals surface area (Å²) in [6, 6.07) is 11.7. The molecule has 1 N–H and O–H groups in total. The Morgan fingerprint density at radius 3 is 3.00 bits per heavy atom. The second kappa shape index (κ2) is 9.23.